The lowest BCUT2D eigenvalue weighted by Crippen LogP contribution is -2.29. The van der Waals surface area contributed by atoms with Crippen molar-refractivity contribution in [3.63, 3.8) is 0 Å². The lowest BCUT2D eigenvalue weighted by atomic mass is 10.1. The van der Waals surface area contributed by atoms with Gasteiger partial charge in [0.05, 0.1) is 22.5 Å². The zero-order valence-electron chi connectivity index (χ0n) is 13.2. The van der Waals surface area contributed by atoms with Crippen molar-refractivity contribution >= 4 is 28.4 Å². The number of hydrogen-bond donors (Lipinski definition) is 0. The van der Waals surface area contributed by atoms with Crippen LogP contribution in [0.2, 0.25) is 0 Å². The lowest BCUT2D eigenvalue weighted by molar-refractivity contribution is 0.576. The molecule has 0 unspecified atom stereocenters. The number of anilines is 2. The van der Waals surface area contributed by atoms with Gasteiger partial charge in [0.25, 0.3) is 0 Å². The minimum atomic E-state index is 1.07. The smallest absolute Gasteiger partial charge is 0.186 e. The summed E-state index contributed by atoms with van der Waals surface area (Å²) in [6.07, 6.45) is 5.82. The van der Waals surface area contributed by atoms with Gasteiger partial charge in [-0.05, 0) is 38.3 Å². The van der Waals surface area contributed by atoms with Crippen LogP contribution in [0.25, 0.3) is 0 Å². The minimum absolute atomic E-state index is 1.07. The van der Waals surface area contributed by atoms with Gasteiger partial charge in [0, 0.05) is 20.1 Å². The summed E-state index contributed by atoms with van der Waals surface area (Å²) in [5.74, 6) is 0. The largest absolute Gasteiger partial charge is 0.348 e. The average molecular weight is 314 g/mol. The molecule has 116 valence electrons. The molecule has 1 aliphatic heterocycles. The third-order valence-corrected chi connectivity index (χ3v) is 5.08. The number of hydrogen-bond acceptors (Lipinski definition) is 5. The second-order valence-corrected chi connectivity index (χ2v) is 6.61. The predicted octanol–water partition coefficient (Wildman–Crippen LogP) is 3.91. The molecule has 22 heavy (non-hydrogen) atoms. The number of piperidine rings is 1. The lowest BCUT2D eigenvalue weighted by Gasteiger charge is -2.25. The van der Waals surface area contributed by atoms with Gasteiger partial charge in [-0.2, -0.15) is 5.10 Å². The first-order valence-corrected chi connectivity index (χ1v) is 8.61. The highest BCUT2D eigenvalue weighted by Gasteiger charge is 2.15. The molecule has 5 heteroatoms. The number of aryl methyl sites for hydroxylation is 1. The van der Waals surface area contributed by atoms with Crippen molar-refractivity contribution in [3.05, 3.63) is 40.9 Å². The van der Waals surface area contributed by atoms with Crippen molar-refractivity contribution in [1.82, 2.24) is 4.98 Å². The fourth-order valence-electron chi connectivity index (χ4n) is 2.58. The number of aromatic nitrogens is 1. The summed E-state index contributed by atoms with van der Waals surface area (Å²) in [7, 11) is 1.97. The van der Waals surface area contributed by atoms with E-state index in [0.717, 1.165) is 34.5 Å². The standard InChI is InChI=1S/C17H22N4S/c1-14-16(13-18-20(2)15-9-5-3-6-10-15)22-17(19-14)21-11-7-4-8-12-21/h3,5-6,9-10,13H,4,7-8,11-12H2,1-2H3/b18-13+. The summed E-state index contributed by atoms with van der Waals surface area (Å²) in [5, 5.41) is 7.57. The second-order valence-electron chi connectivity index (χ2n) is 5.60. The quantitative estimate of drug-likeness (QED) is 0.633. The molecule has 1 aromatic heterocycles. The molecule has 4 nitrogen and oxygen atoms in total. The van der Waals surface area contributed by atoms with Crippen LogP contribution in [0.1, 0.15) is 29.8 Å². The molecule has 0 bridgehead atoms. The van der Waals surface area contributed by atoms with Gasteiger partial charge in [0.2, 0.25) is 0 Å². The number of nitrogens with zero attached hydrogens (tertiary/aromatic N) is 4. The van der Waals surface area contributed by atoms with Gasteiger partial charge in [-0.25, -0.2) is 4.98 Å². The van der Waals surface area contributed by atoms with Crippen LogP contribution in [0.15, 0.2) is 35.4 Å². The van der Waals surface area contributed by atoms with E-state index in [-0.39, 0.29) is 0 Å². The van der Waals surface area contributed by atoms with Crippen molar-refractivity contribution in [2.24, 2.45) is 5.10 Å². The molecule has 0 amide bonds. The number of hydrazone groups is 1. The SMILES string of the molecule is Cc1nc(N2CCCCC2)sc1/C=N/N(C)c1ccccc1. The molecular weight excluding hydrogens is 292 g/mol. The average Bonchev–Trinajstić information content (AvgIpc) is 2.95. The molecule has 1 aromatic carbocycles. The van der Waals surface area contributed by atoms with Gasteiger partial charge in [0.15, 0.2) is 5.13 Å². The van der Waals surface area contributed by atoms with E-state index < -0.39 is 0 Å². The van der Waals surface area contributed by atoms with Crippen LogP contribution in [0, 0.1) is 6.92 Å². The van der Waals surface area contributed by atoms with E-state index in [0.29, 0.717) is 0 Å². The maximum Gasteiger partial charge on any atom is 0.186 e. The monoisotopic (exact) mass is 314 g/mol. The Balaban J connectivity index is 1.72. The van der Waals surface area contributed by atoms with Crippen molar-refractivity contribution in [1.29, 1.82) is 0 Å². The van der Waals surface area contributed by atoms with Crippen molar-refractivity contribution in [2.75, 3.05) is 30.0 Å². The number of para-hydroxylation sites is 1. The van der Waals surface area contributed by atoms with Gasteiger partial charge in [0.1, 0.15) is 0 Å². The van der Waals surface area contributed by atoms with Gasteiger partial charge in [-0.1, -0.05) is 29.5 Å². The van der Waals surface area contributed by atoms with E-state index in [1.54, 1.807) is 11.3 Å². The topological polar surface area (TPSA) is 31.7 Å². The zero-order valence-corrected chi connectivity index (χ0v) is 14.0. The van der Waals surface area contributed by atoms with E-state index in [9.17, 15) is 0 Å². The number of benzene rings is 1. The first kappa shape index (κ1) is 15.0. The molecule has 2 aromatic rings. The maximum atomic E-state index is 4.72. The van der Waals surface area contributed by atoms with Crippen molar-refractivity contribution in [3.8, 4) is 0 Å². The van der Waals surface area contributed by atoms with Crippen molar-refractivity contribution in [2.45, 2.75) is 26.2 Å². The number of thiazole rings is 1. The molecule has 0 spiro atoms. The van der Waals surface area contributed by atoms with Crippen LogP contribution < -0.4 is 9.91 Å². The van der Waals surface area contributed by atoms with E-state index >= 15 is 0 Å². The summed E-state index contributed by atoms with van der Waals surface area (Å²) in [6, 6.07) is 10.2. The fourth-order valence-corrected chi connectivity index (χ4v) is 3.57. The molecule has 3 rings (SSSR count). The normalized spacial score (nSPS) is 15.5. The fraction of sp³-hybridized carbons (Fsp3) is 0.412. The minimum Gasteiger partial charge on any atom is -0.348 e. The molecule has 0 N–H and O–H groups in total. The van der Waals surface area contributed by atoms with Crippen LogP contribution >= 0.6 is 11.3 Å². The third kappa shape index (κ3) is 3.47. The Bertz CT molecular complexity index is 629. The Labute approximate surface area is 136 Å². The molecule has 2 heterocycles. The Hall–Kier alpha value is -1.88. The summed E-state index contributed by atoms with van der Waals surface area (Å²) < 4.78 is 0. The summed E-state index contributed by atoms with van der Waals surface area (Å²) in [6.45, 7) is 4.33. The Morgan fingerprint density at radius 1 is 1.18 bits per heavy atom. The van der Waals surface area contributed by atoms with E-state index in [2.05, 4.69) is 29.1 Å². The first-order valence-electron chi connectivity index (χ1n) is 7.79. The Morgan fingerprint density at radius 3 is 2.64 bits per heavy atom. The molecule has 0 atom stereocenters. The molecule has 1 saturated heterocycles. The van der Waals surface area contributed by atoms with Gasteiger partial charge in [-0.3, -0.25) is 5.01 Å². The van der Waals surface area contributed by atoms with E-state index in [1.165, 1.54) is 19.3 Å². The van der Waals surface area contributed by atoms with Gasteiger partial charge in [-0.15, -0.1) is 0 Å². The molecule has 1 fully saturated rings. The molecule has 0 aliphatic carbocycles. The summed E-state index contributed by atoms with van der Waals surface area (Å²) in [4.78, 5) is 8.26. The highest BCUT2D eigenvalue weighted by molar-refractivity contribution is 7.17. The molecule has 0 saturated carbocycles. The highest BCUT2D eigenvalue weighted by atomic mass is 32.1. The van der Waals surface area contributed by atoms with E-state index in [1.807, 2.05) is 36.5 Å². The van der Waals surface area contributed by atoms with Crippen LogP contribution in [0.4, 0.5) is 10.8 Å². The first-order chi connectivity index (χ1) is 10.7. The summed E-state index contributed by atoms with van der Waals surface area (Å²) in [5.41, 5.74) is 2.15. The van der Waals surface area contributed by atoms with Gasteiger partial charge < -0.3 is 4.90 Å². The van der Waals surface area contributed by atoms with Crippen LogP contribution in [-0.4, -0.2) is 31.3 Å². The zero-order chi connectivity index (χ0) is 15.4. The Morgan fingerprint density at radius 2 is 1.91 bits per heavy atom. The second kappa shape index (κ2) is 6.92. The van der Waals surface area contributed by atoms with E-state index in [4.69, 9.17) is 4.98 Å². The summed E-state index contributed by atoms with van der Waals surface area (Å²) >= 11 is 1.74. The maximum absolute atomic E-state index is 4.72. The highest BCUT2D eigenvalue weighted by Crippen LogP contribution is 2.27. The third-order valence-electron chi connectivity index (χ3n) is 3.93. The van der Waals surface area contributed by atoms with Crippen molar-refractivity contribution < 1.29 is 0 Å². The molecule has 1 aliphatic rings. The Kier molecular flexibility index (Phi) is 4.73. The van der Waals surface area contributed by atoms with Gasteiger partial charge >= 0.3 is 0 Å². The molecular formula is C17H22N4S. The van der Waals surface area contributed by atoms with Crippen LogP contribution in [-0.2, 0) is 0 Å². The van der Waals surface area contributed by atoms with Crippen LogP contribution in [0.3, 0.4) is 0 Å². The predicted molar refractivity (Wildman–Crippen MR) is 95.4 cm³/mol. The van der Waals surface area contributed by atoms with Crippen LogP contribution in [0.5, 0.6) is 0 Å². The molecule has 0 radical (unpaired) electrons. The number of rotatable bonds is 4.